The van der Waals surface area contributed by atoms with E-state index in [1.54, 1.807) is 12.5 Å². The molecule has 1 atom stereocenters. The van der Waals surface area contributed by atoms with E-state index in [4.69, 9.17) is 10.2 Å². The van der Waals surface area contributed by atoms with Crippen molar-refractivity contribution in [3.8, 4) is 0 Å². The van der Waals surface area contributed by atoms with Gasteiger partial charge in [0.15, 0.2) is 0 Å². The zero-order valence-corrected chi connectivity index (χ0v) is 10.7. The third-order valence-corrected chi connectivity index (χ3v) is 3.51. The fraction of sp³-hybridized carbons (Fsp3) is 0.231. The van der Waals surface area contributed by atoms with E-state index in [1.165, 1.54) is 5.56 Å². The Morgan fingerprint density at radius 3 is 2.81 bits per heavy atom. The highest BCUT2D eigenvalue weighted by molar-refractivity contribution is 9.10. The monoisotopic (exact) mass is 279 g/mol. The van der Waals surface area contributed by atoms with Crippen molar-refractivity contribution in [3.63, 3.8) is 0 Å². The molecule has 2 rings (SSSR count). The van der Waals surface area contributed by atoms with Crippen LogP contribution >= 0.6 is 15.9 Å². The maximum atomic E-state index is 6.14. The van der Waals surface area contributed by atoms with Gasteiger partial charge in [0.2, 0.25) is 0 Å². The van der Waals surface area contributed by atoms with E-state index in [1.807, 2.05) is 6.07 Å². The number of furan rings is 1. The lowest BCUT2D eigenvalue weighted by molar-refractivity contribution is 0.561. The van der Waals surface area contributed by atoms with Gasteiger partial charge in [-0.05, 0) is 42.2 Å². The van der Waals surface area contributed by atoms with Crippen LogP contribution in [0, 0.1) is 6.92 Å². The van der Waals surface area contributed by atoms with Crippen molar-refractivity contribution in [3.05, 3.63) is 58.0 Å². The maximum absolute atomic E-state index is 6.14. The lowest BCUT2D eigenvalue weighted by atomic mass is 10.0. The van der Waals surface area contributed by atoms with Crippen LogP contribution < -0.4 is 5.73 Å². The summed E-state index contributed by atoms with van der Waals surface area (Å²) in [6.07, 6.45) is 4.21. The normalized spacial score (nSPS) is 12.7. The molecule has 0 saturated heterocycles. The Balaban J connectivity index is 2.14. The molecule has 0 radical (unpaired) electrons. The highest BCUT2D eigenvalue weighted by Gasteiger charge is 2.09. The van der Waals surface area contributed by atoms with Gasteiger partial charge >= 0.3 is 0 Å². The molecule has 1 aromatic carbocycles. The summed E-state index contributed by atoms with van der Waals surface area (Å²) in [6, 6.07) is 8.19. The van der Waals surface area contributed by atoms with Gasteiger partial charge in [-0.25, -0.2) is 0 Å². The van der Waals surface area contributed by atoms with Crippen LogP contribution in [-0.2, 0) is 6.42 Å². The van der Waals surface area contributed by atoms with Crippen molar-refractivity contribution in [2.24, 2.45) is 5.73 Å². The first kappa shape index (κ1) is 11.4. The molecule has 84 valence electrons. The third kappa shape index (κ3) is 2.54. The molecule has 2 N–H and O–H groups in total. The number of halogens is 1. The lowest BCUT2D eigenvalue weighted by Crippen LogP contribution is -2.13. The van der Waals surface area contributed by atoms with Crippen molar-refractivity contribution in [2.75, 3.05) is 0 Å². The molecule has 0 spiro atoms. The van der Waals surface area contributed by atoms with Gasteiger partial charge in [0.05, 0.1) is 12.5 Å². The molecule has 1 aromatic heterocycles. The Hall–Kier alpha value is -1.06. The minimum atomic E-state index is 0.00880. The van der Waals surface area contributed by atoms with Gasteiger partial charge in [0.1, 0.15) is 0 Å². The van der Waals surface area contributed by atoms with Gasteiger partial charge in [-0.3, -0.25) is 0 Å². The van der Waals surface area contributed by atoms with E-state index in [0.29, 0.717) is 0 Å². The summed E-state index contributed by atoms with van der Waals surface area (Å²) in [5.74, 6) is 0. The van der Waals surface area contributed by atoms with Crippen LogP contribution in [0.1, 0.15) is 22.7 Å². The first-order valence-electron chi connectivity index (χ1n) is 5.19. The van der Waals surface area contributed by atoms with Crippen molar-refractivity contribution < 1.29 is 4.42 Å². The molecule has 16 heavy (non-hydrogen) atoms. The van der Waals surface area contributed by atoms with E-state index in [2.05, 4.69) is 41.1 Å². The molecule has 1 heterocycles. The third-order valence-electron chi connectivity index (χ3n) is 2.66. The average Bonchev–Trinajstić information content (AvgIpc) is 2.74. The summed E-state index contributed by atoms with van der Waals surface area (Å²) in [6.45, 7) is 2.06. The number of hydrogen-bond donors (Lipinski definition) is 1. The molecule has 0 aliphatic heterocycles. The van der Waals surface area contributed by atoms with Gasteiger partial charge in [0.25, 0.3) is 0 Å². The van der Waals surface area contributed by atoms with Crippen LogP contribution in [0.4, 0.5) is 0 Å². The first-order chi connectivity index (χ1) is 7.66. The molecule has 2 aromatic rings. The van der Waals surface area contributed by atoms with Gasteiger partial charge < -0.3 is 10.2 Å². The van der Waals surface area contributed by atoms with Gasteiger partial charge in [-0.1, -0.05) is 28.1 Å². The lowest BCUT2D eigenvalue weighted by Gasteiger charge is -2.12. The molecule has 0 aliphatic rings. The van der Waals surface area contributed by atoms with E-state index in [9.17, 15) is 0 Å². The second-order valence-electron chi connectivity index (χ2n) is 3.95. The average molecular weight is 280 g/mol. The molecule has 0 amide bonds. The molecular weight excluding hydrogens is 266 g/mol. The number of hydrogen-bond acceptors (Lipinski definition) is 2. The number of aryl methyl sites for hydroxylation is 1. The largest absolute Gasteiger partial charge is 0.472 e. The number of benzene rings is 1. The highest BCUT2D eigenvalue weighted by atomic mass is 79.9. The summed E-state index contributed by atoms with van der Waals surface area (Å²) in [7, 11) is 0. The Labute approximate surface area is 104 Å². The quantitative estimate of drug-likeness (QED) is 0.933. The molecule has 0 aliphatic carbocycles. The van der Waals surface area contributed by atoms with Crippen LogP contribution in [0.5, 0.6) is 0 Å². The molecule has 0 fully saturated rings. The van der Waals surface area contributed by atoms with E-state index < -0.39 is 0 Å². The van der Waals surface area contributed by atoms with Crippen molar-refractivity contribution >= 4 is 15.9 Å². The zero-order chi connectivity index (χ0) is 11.5. The molecule has 0 saturated carbocycles. The zero-order valence-electron chi connectivity index (χ0n) is 9.11. The molecular formula is C13H14BrNO. The van der Waals surface area contributed by atoms with Crippen LogP contribution in [0.2, 0.25) is 0 Å². The van der Waals surface area contributed by atoms with Gasteiger partial charge in [-0.15, -0.1) is 0 Å². The first-order valence-corrected chi connectivity index (χ1v) is 5.99. The fourth-order valence-corrected chi connectivity index (χ4v) is 2.02. The molecule has 3 heteroatoms. The molecule has 0 bridgehead atoms. The Morgan fingerprint density at radius 1 is 1.38 bits per heavy atom. The van der Waals surface area contributed by atoms with Gasteiger partial charge in [-0.2, -0.15) is 0 Å². The topological polar surface area (TPSA) is 39.2 Å². The standard InChI is InChI=1S/C13H14BrNO/c1-9-2-3-11(7-12(9)14)13(15)6-10-4-5-16-8-10/h2-5,7-8,13H,6,15H2,1H3. The molecule has 1 unspecified atom stereocenters. The molecule has 2 nitrogen and oxygen atoms in total. The van der Waals surface area contributed by atoms with Crippen molar-refractivity contribution in [2.45, 2.75) is 19.4 Å². The van der Waals surface area contributed by atoms with E-state index in [-0.39, 0.29) is 6.04 Å². The predicted octanol–water partition coefficient (Wildman–Crippen LogP) is 3.59. The summed E-state index contributed by atoms with van der Waals surface area (Å²) < 4.78 is 6.13. The Morgan fingerprint density at radius 2 is 2.19 bits per heavy atom. The second kappa shape index (κ2) is 4.85. The SMILES string of the molecule is Cc1ccc(C(N)Cc2ccoc2)cc1Br. The van der Waals surface area contributed by atoms with Crippen molar-refractivity contribution in [1.82, 2.24) is 0 Å². The summed E-state index contributed by atoms with van der Waals surface area (Å²) in [5.41, 5.74) is 9.63. The van der Waals surface area contributed by atoms with Crippen LogP contribution in [0.3, 0.4) is 0 Å². The smallest absolute Gasteiger partial charge is 0.0935 e. The summed E-state index contributed by atoms with van der Waals surface area (Å²) in [4.78, 5) is 0. The Bertz CT molecular complexity index is 465. The van der Waals surface area contributed by atoms with Crippen LogP contribution in [0.15, 0.2) is 45.7 Å². The number of rotatable bonds is 3. The Kier molecular flexibility index (Phi) is 3.46. The van der Waals surface area contributed by atoms with Crippen LogP contribution in [-0.4, -0.2) is 0 Å². The van der Waals surface area contributed by atoms with E-state index in [0.717, 1.165) is 22.0 Å². The predicted molar refractivity (Wildman–Crippen MR) is 68.2 cm³/mol. The highest BCUT2D eigenvalue weighted by Crippen LogP contribution is 2.22. The maximum Gasteiger partial charge on any atom is 0.0935 e. The van der Waals surface area contributed by atoms with Crippen LogP contribution in [0.25, 0.3) is 0 Å². The fourth-order valence-electron chi connectivity index (χ4n) is 1.62. The van der Waals surface area contributed by atoms with Gasteiger partial charge in [0, 0.05) is 10.5 Å². The summed E-state index contributed by atoms with van der Waals surface area (Å²) >= 11 is 3.52. The number of nitrogens with two attached hydrogens (primary N) is 1. The minimum absolute atomic E-state index is 0.00880. The minimum Gasteiger partial charge on any atom is -0.472 e. The van der Waals surface area contributed by atoms with E-state index >= 15 is 0 Å². The van der Waals surface area contributed by atoms with Crippen molar-refractivity contribution in [1.29, 1.82) is 0 Å². The summed E-state index contributed by atoms with van der Waals surface area (Å²) in [5, 5.41) is 0. The second-order valence-corrected chi connectivity index (χ2v) is 4.81.